The second kappa shape index (κ2) is 10.9. The second-order valence-electron chi connectivity index (χ2n) is 12.3. The lowest BCUT2D eigenvalue weighted by atomic mass is 9.95. The summed E-state index contributed by atoms with van der Waals surface area (Å²) in [7, 11) is 0. The van der Waals surface area contributed by atoms with Crippen LogP contribution in [0.3, 0.4) is 0 Å². The minimum absolute atomic E-state index is 0.0108. The van der Waals surface area contributed by atoms with E-state index in [1.54, 1.807) is 4.90 Å². The van der Waals surface area contributed by atoms with Gasteiger partial charge in [0.1, 0.15) is 52.5 Å². The van der Waals surface area contributed by atoms with Crippen LogP contribution in [0.5, 0.6) is 6.01 Å². The Balaban J connectivity index is 1.25. The summed E-state index contributed by atoms with van der Waals surface area (Å²) in [5, 5.41) is 10.1. The van der Waals surface area contributed by atoms with Gasteiger partial charge in [0.05, 0.1) is 27.7 Å². The molecule has 0 unspecified atom stereocenters. The number of nitriles is 1. The van der Waals surface area contributed by atoms with E-state index in [0.29, 0.717) is 13.0 Å². The molecule has 0 spiro atoms. The van der Waals surface area contributed by atoms with E-state index in [0.717, 1.165) is 36.6 Å². The van der Waals surface area contributed by atoms with E-state index in [1.807, 2.05) is 11.0 Å². The minimum Gasteiger partial charge on any atom is -0.461 e. The summed E-state index contributed by atoms with van der Waals surface area (Å²) in [6, 6.07) is 4.21. The Labute approximate surface area is 272 Å². The predicted molar refractivity (Wildman–Crippen MR) is 164 cm³/mol. The van der Waals surface area contributed by atoms with Crippen molar-refractivity contribution >= 4 is 43.1 Å². The molecule has 0 saturated carbocycles. The van der Waals surface area contributed by atoms with Gasteiger partial charge in [-0.15, -0.1) is 11.3 Å². The number of hydrogen-bond acceptors (Lipinski definition) is 10. The zero-order valence-electron chi connectivity index (χ0n) is 25.0. The van der Waals surface area contributed by atoms with Gasteiger partial charge in [-0.25, -0.2) is 18.2 Å². The molecule has 2 N–H and O–H groups in total. The van der Waals surface area contributed by atoms with Crippen LogP contribution < -0.4 is 15.4 Å². The van der Waals surface area contributed by atoms with E-state index >= 15 is 4.39 Å². The van der Waals surface area contributed by atoms with Gasteiger partial charge in [0.25, 0.3) is 0 Å². The highest BCUT2D eigenvalue weighted by molar-refractivity contribution is 7.23. The molecule has 0 aliphatic carbocycles. The van der Waals surface area contributed by atoms with Gasteiger partial charge >= 0.3 is 12.2 Å². The molecule has 0 radical (unpaired) electrons. The first kappa shape index (κ1) is 30.6. The van der Waals surface area contributed by atoms with Gasteiger partial charge in [-0.2, -0.15) is 28.4 Å². The highest BCUT2D eigenvalue weighted by atomic mass is 32.1. The van der Waals surface area contributed by atoms with Crippen LogP contribution >= 0.6 is 11.3 Å². The van der Waals surface area contributed by atoms with Crippen molar-refractivity contribution in [1.29, 1.82) is 5.26 Å². The fourth-order valence-electron chi connectivity index (χ4n) is 7.23. The van der Waals surface area contributed by atoms with E-state index < -0.39 is 35.2 Å². The zero-order chi connectivity index (χ0) is 33.5. The third-order valence-electron chi connectivity index (χ3n) is 9.45. The number of hydrogen-bond donors (Lipinski definition) is 1. The number of anilines is 2. The molecular weight excluding hydrogens is 660 g/mol. The normalized spacial score (nSPS) is 21.2. The molecule has 3 aliphatic heterocycles. The predicted octanol–water partition coefficient (Wildman–Crippen LogP) is 5.83. The molecule has 0 bridgehead atoms. The van der Waals surface area contributed by atoms with E-state index in [9.17, 15) is 27.2 Å². The smallest absolute Gasteiger partial charge is 0.434 e. The number of benzene rings is 1. The molecule has 17 heteroatoms. The molecule has 48 heavy (non-hydrogen) atoms. The SMILES string of the molecule is N#Cc1c(N)sc2c(F)ccc(-c3ncc4c(N5CCn6cc(C(F)(F)F)nc6C5)nc(OC[C@@]56CCCN5C[C@H](F)C6)nc4c3F)c12. The molecule has 10 nitrogen and oxygen atoms in total. The number of nitrogens with two attached hydrogens (primary N) is 1. The number of ether oxygens (including phenoxy) is 1. The van der Waals surface area contributed by atoms with Crippen LogP contribution in [-0.4, -0.2) is 67.4 Å². The highest BCUT2D eigenvalue weighted by Gasteiger charge is 2.49. The van der Waals surface area contributed by atoms with Crippen molar-refractivity contribution in [2.75, 3.05) is 36.9 Å². The first-order chi connectivity index (χ1) is 23.0. The number of fused-ring (bicyclic) bond motifs is 4. The van der Waals surface area contributed by atoms with E-state index in [4.69, 9.17) is 10.5 Å². The van der Waals surface area contributed by atoms with Crippen molar-refractivity contribution in [3.8, 4) is 23.3 Å². The maximum Gasteiger partial charge on any atom is 0.434 e. The summed E-state index contributed by atoms with van der Waals surface area (Å²) < 4.78 is 93.8. The quantitative estimate of drug-likeness (QED) is 0.228. The van der Waals surface area contributed by atoms with Gasteiger partial charge in [-0.05, 0) is 31.5 Å². The van der Waals surface area contributed by atoms with Crippen molar-refractivity contribution in [2.45, 2.75) is 50.2 Å². The second-order valence-corrected chi connectivity index (χ2v) is 13.3. The third kappa shape index (κ3) is 4.80. The van der Waals surface area contributed by atoms with E-state index in [1.165, 1.54) is 16.8 Å². The van der Waals surface area contributed by atoms with Crippen molar-refractivity contribution in [2.24, 2.45) is 0 Å². The average molecular weight is 686 g/mol. The number of halogens is 6. The molecule has 0 amide bonds. The summed E-state index contributed by atoms with van der Waals surface area (Å²) >= 11 is 0.864. The maximum atomic E-state index is 16.7. The number of aromatic nitrogens is 5. The van der Waals surface area contributed by atoms with Gasteiger partial charge in [-0.3, -0.25) is 9.88 Å². The Morgan fingerprint density at radius 1 is 1.15 bits per heavy atom. The number of imidazole rings is 1. The van der Waals surface area contributed by atoms with E-state index in [2.05, 4.69) is 19.9 Å². The zero-order valence-corrected chi connectivity index (χ0v) is 25.8. The fraction of sp³-hybridized carbons (Fsp3) is 0.387. The van der Waals surface area contributed by atoms with E-state index in [-0.39, 0.29) is 93.1 Å². The van der Waals surface area contributed by atoms with Gasteiger partial charge in [0.15, 0.2) is 11.5 Å². The van der Waals surface area contributed by atoms with Gasteiger partial charge in [0.2, 0.25) is 0 Å². The molecule has 1 aromatic carbocycles. The molecule has 2 atom stereocenters. The standard InChI is InChI=1S/C31H25F6N9OS/c32-15-8-30(4-1-5-46(30)11-15)14-47-29-42-25-18(28(43-29)45-7-6-44-12-20(31(35,36)37)41-21(44)13-45)10-40-24(23(25)34)16-2-3-19(33)26-22(16)17(9-38)27(39)48-26/h2-3,10,12,15H,1,4-8,11,13-14,39H2/t15-,30+/m1/s1. The summed E-state index contributed by atoms with van der Waals surface area (Å²) in [6.07, 6.45) is -1.51. The minimum atomic E-state index is -4.63. The molecule has 2 saturated heterocycles. The van der Waals surface area contributed by atoms with Crippen LogP contribution in [0.1, 0.15) is 36.3 Å². The lowest BCUT2D eigenvalue weighted by Crippen LogP contribution is -2.43. The topological polar surface area (TPSA) is 122 Å². The lowest BCUT2D eigenvalue weighted by Gasteiger charge is -2.31. The number of pyridine rings is 1. The molecule has 248 valence electrons. The van der Waals surface area contributed by atoms with Crippen LogP contribution in [0, 0.1) is 23.0 Å². The first-order valence-corrected chi connectivity index (χ1v) is 15.9. The van der Waals surface area contributed by atoms with Crippen molar-refractivity contribution in [1.82, 2.24) is 29.4 Å². The molecule has 3 aliphatic rings. The largest absolute Gasteiger partial charge is 0.461 e. The highest BCUT2D eigenvalue weighted by Crippen LogP contribution is 2.43. The molecule has 7 heterocycles. The van der Waals surface area contributed by atoms with Crippen LogP contribution in [0.15, 0.2) is 24.5 Å². The Bertz CT molecular complexity index is 2160. The Hall–Kier alpha value is -4.69. The summed E-state index contributed by atoms with van der Waals surface area (Å²) in [6.45, 7) is 1.34. The van der Waals surface area contributed by atoms with Gasteiger partial charge < -0.3 is 19.9 Å². The molecule has 5 aromatic rings. The van der Waals surface area contributed by atoms with Crippen molar-refractivity contribution in [3.05, 3.63) is 53.2 Å². The van der Waals surface area contributed by atoms with Crippen molar-refractivity contribution in [3.63, 3.8) is 0 Å². The van der Waals surface area contributed by atoms with Crippen molar-refractivity contribution < 1.29 is 31.1 Å². The molecule has 4 aromatic heterocycles. The van der Waals surface area contributed by atoms with Gasteiger partial charge in [-0.1, -0.05) is 0 Å². The summed E-state index contributed by atoms with van der Waals surface area (Å²) in [5.41, 5.74) is 4.10. The Kier molecular flexibility index (Phi) is 6.97. The number of nitrogen functional groups attached to an aromatic ring is 1. The van der Waals surface area contributed by atoms with Crippen LogP contribution in [0.25, 0.3) is 32.2 Å². The average Bonchev–Trinajstić information content (AvgIpc) is 3.81. The fourth-order valence-corrected chi connectivity index (χ4v) is 8.18. The summed E-state index contributed by atoms with van der Waals surface area (Å²) in [4.78, 5) is 20.8. The monoisotopic (exact) mass is 685 g/mol. The number of thiophene rings is 1. The molecular formula is C31H25F6N9OS. The Morgan fingerprint density at radius 2 is 1.98 bits per heavy atom. The first-order valence-electron chi connectivity index (χ1n) is 15.1. The third-order valence-corrected chi connectivity index (χ3v) is 10.5. The maximum absolute atomic E-state index is 16.7. The molecule has 2 fully saturated rings. The van der Waals surface area contributed by atoms with Gasteiger partial charge in [0, 0.05) is 49.4 Å². The number of rotatable bonds is 5. The summed E-state index contributed by atoms with van der Waals surface area (Å²) in [5.74, 6) is -1.24. The molecule has 8 rings (SSSR count). The lowest BCUT2D eigenvalue weighted by molar-refractivity contribution is -0.141. The number of nitrogens with zero attached hydrogens (tertiary/aromatic N) is 8. The van der Waals surface area contributed by atoms with Crippen LogP contribution in [-0.2, 0) is 19.3 Å². The van der Waals surface area contributed by atoms with Crippen LogP contribution in [0.4, 0.5) is 37.2 Å². The Morgan fingerprint density at radius 3 is 2.77 bits per heavy atom. The number of alkyl halides is 4. The van der Waals surface area contributed by atoms with Crippen LogP contribution in [0.2, 0.25) is 0 Å².